The summed E-state index contributed by atoms with van der Waals surface area (Å²) < 4.78 is 5.94. The molecule has 0 bridgehead atoms. The lowest BCUT2D eigenvalue weighted by Crippen LogP contribution is -2.54. The molecule has 0 radical (unpaired) electrons. The van der Waals surface area contributed by atoms with E-state index in [0.717, 1.165) is 99.2 Å². The number of H-pyrrole nitrogens is 1. The third-order valence-corrected chi connectivity index (χ3v) is 13.2. The fraction of sp³-hybridized carbons (Fsp3) is 0.476. The predicted octanol–water partition coefficient (Wildman–Crippen LogP) is 3.72. The molecule has 6 N–H and O–H groups in total. The van der Waals surface area contributed by atoms with Gasteiger partial charge in [-0.2, -0.15) is 0 Å². The number of piperidine rings is 3. The maximum absolute atomic E-state index is 12.7. The van der Waals surface area contributed by atoms with Gasteiger partial charge in [0, 0.05) is 101 Å². The summed E-state index contributed by atoms with van der Waals surface area (Å²) in [6, 6.07) is 13.0. The number of likely N-dealkylation sites (N-methyl/N-ethyl adjacent to an activating group) is 1. The lowest BCUT2D eigenvalue weighted by Gasteiger charge is -2.47. The molecule has 2 aromatic carbocycles. The Bertz CT molecular complexity index is 2400. The van der Waals surface area contributed by atoms with E-state index in [9.17, 15) is 19.5 Å². The number of imide groups is 1. The molecule has 308 valence electrons. The maximum Gasteiger partial charge on any atom is 0.320 e. The quantitative estimate of drug-likeness (QED) is 0.107. The van der Waals surface area contributed by atoms with Crippen LogP contribution in [-0.4, -0.2) is 129 Å². The van der Waals surface area contributed by atoms with Crippen molar-refractivity contribution >= 4 is 62.7 Å². The van der Waals surface area contributed by atoms with Crippen molar-refractivity contribution in [3.8, 4) is 0 Å². The van der Waals surface area contributed by atoms with E-state index in [1.54, 1.807) is 11.1 Å². The van der Waals surface area contributed by atoms with Crippen molar-refractivity contribution in [2.45, 2.75) is 68.7 Å². The van der Waals surface area contributed by atoms with Gasteiger partial charge in [0.15, 0.2) is 11.4 Å². The highest BCUT2D eigenvalue weighted by molar-refractivity contribution is 6.10. The number of aromatic nitrogens is 4. The number of urea groups is 1. The number of benzene rings is 2. The summed E-state index contributed by atoms with van der Waals surface area (Å²) in [4.78, 5) is 62.2. The van der Waals surface area contributed by atoms with Crippen LogP contribution in [0, 0.1) is 0 Å². The van der Waals surface area contributed by atoms with Crippen molar-refractivity contribution in [3.63, 3.8) is 0 Å². The van der Waals surface area contributed by atoms with Crippen molar-refractivity contribution in [2.75, 3.05) is 74.5 Å². The number of rotatable bonds is 9. The number of nitrogens with two attached hydrogens (primary N) is 1. The Balaban J connectivity index is 0.757. The second kappa shape index (κ2) is 15.1. The van der Waals surface area contributed by atoms with Gasteiger partial charge in [-0.25, -0.2) is 19.9 Å². The molecule has 2 unspecified atom stereocenters. The van der Waals surface area contributed by atoms with E-state index in [-0.39, 0.29) is 29.6 Å². The van der Waals surface area contributed by atoms with E-state index in [1.807, 2.05) is 36.3 Å². The van der Waals surface area contributed by atoms with Crippen LogP contribution in [0.2, 0.25) is 0 Å². The number of amides is 4. The first kappa shape index (κ1) is 37.5. The standard InChI is InChI=1S/C42H50N12O5/c1-50-17-18-54(42(50)58)28-3-2-14-52(23-28)33-20-45-38(39(43)56)40(47-33)46-25-4-6-26(7-5-25)51-15-11-27(12-16-51)53-21-24(22-53)31-19-32-35(29-10-13-44-36(29)31)37(49-59-32)30-8-9-34(55)48-41(30)57/h4-7,10,13,19-20,24,27-28,30,39,49,56H,2-3,8-9,11-12,14-18,21-23,43H2,1H3,(H,46,47)(H,48,55,57)/t28-,30?,39?/m1/s1. The summed E-state index contributed by atoms with van der Waals surface area (Å²) in [5.41, 5.74) is 11.7. The SMILES string of the molecule is CN1CCN([C@@H]2CCCN(c3cnc(C(N)O)c(Nc4ccc(N5CCC(N6CC(c7cc8o[nH]c(C9CCC(=O)NC9=O)c8c8ccnc78)C6)CC5)cc4)n3)C2)C1=O. The first-order valence-corrected chi connectivity index (χ1v) is 20.8. The van der Waals surface area contributed by atoms with Gasteiger partial charge in [-0.1, -0.05) is 0 Å². The summed E-state index contributed by atoms with van der Waals surface area (Å²) in [7, 11) is 1.84. The number of aliphatic hydroxyl groups excluding tert-OH is 1. The van der Waals surface area contributed by atoms with Crippen LogP contribution >= 0.6 is 0 Å². The molecular weight excluding hydrogens is 753 g/mol. The largest absolute Gasteiger partial charge is 0.382 e. The van der Waals surface area contributed by atoms with E-state index < -0.39 is 12.1 Å². The molecule has 5 fully saturated rings. The summed E-state index contributed by atoms with van der Waals surface area (Å²) >= 11 is 0. The van der Waals surface area contributed by atoms with E-state index in [4.69, 9.17) is 20.2 Å². The number of nitrogens with zero attached hydrogens (tertiary/aromatic N) is 8. The maximum atomic E-state index is 12.7. The van der Waals surface area contributed by atoms with Crippen molar-refractivity contribution in [2.24, 2.45) is 5.73 Å². The Morgan fingerprint density at radius 2 is 1.75 bits per heavy atom. The van der Waals surface area contributed by atoms with Crippen LogP contribution in [0.15, 0.2) is 53.3 Å². The monoisotopic (exact) mass is 802 g/mol. The smallest absolute Gasteiger partial charge is 0.320 e. The first-order chi connectivity index (χ1) is 28.7. The van der Waals surface area contributed by atoms with Gasteiger partial charge < -0.3 is 40.3 Å². The minimum absolute atomic E-state index is 0.0767. The van der Waals surface area contributed by atoms with Gasteiger partial charge in [0.1, 0.15) is 17.7 Å². The number of aliphatic hydroxyl groups is 1. The molecule has 0 saturated carbocycles. The van der Waals surface area contributed by atoms with Crippen molar-refractivity contribution in [1.82, 2.24) is 40.1 Å². The Labute approximate surface area is 340 Å². The van der Waals surface area contributed by atoms with Crippen molar-refractivity contribution < 1.29 is 24.0 Å². The number of hydrogen-bond donors (Lipinski definition) is 5. The van der Waals surface area contributed by atoms with Crippen LogP contribution in [-0.2, 0) is 9.59 Å². The normalized spacial score (nSPS) is 23.1. The molecular formula is C42H50N12O5. The molecule has 10 rings (SSSR count). The lowest BCUT2D eigenvalue weighted by atomic mass is 9.85. The third kappa shape index (κ3) is 6.89. The highest BCUT2D eigenvalue weighted by atomic mass is 16.5. The second-order valence-electron chi connectivity index (χ2n) is 16.8. The Hall–Kier alpha value is -5.78. The van der Waals surface area contributed by atoms with Crippen LogP contribution in [0.5, 0.6) is 0 Å². The van der Waals surface area contributed by atoms with Gasteiger partial charge in [0.2, 0.25) is 11.8 Å². The fourth-order valence-corrected chi connectivity index (χ4v) is 9.89. The molecule has 3 aromatic heterocycles. The number of carbonyl (C=O) groups is 3. The van der Waals surface area contributed by atoms with Gasteiger partial charge in [0.05, 0.1) is 34.8 Å². The predicted molar refractivity (Wildman–Crippen MR) is 221 cm³/mol. The third-order valence-electron chi connectivity index (χ3n) is 13.2. The molecule has 0 spiro atoms. The highest BCUT2D eigenvalue weighted by Gasteiger charge is 2.38. The number of aromatic amines is 1. The summed E-state index contributed by atoms with van der Waals surface area (Å²) in [5, 5.41) is 21.0. The molecule has 59 heavy (non-hydrogen) atoms. The van der Waals surface area contributed by atoms with Gasteiger partial charge in [-0.15, -0.1) is 0 Å². The van der Waals surface area contributed by atoms with Crippen LogP contribution in [0.3, 0.4) is 0 Å². The molecule has 5 aliphatic heterocycles. The zero-order chi connectivity index (χ0) is 40.4. The first-order valence-electron chi connectivity index (χ1n) is 20.8. The molecule has 3 atom stereocenters. The van der Waals surface area contributed by atoms with E-state index in [0.29, 0.717) is 54.3 Å². The van der Waals surface area contributed by atoms with E-state index >= 15 is 0 Å². The number of anilines is 4. The van der Waals surface area contributed by atoms with Crippen molar-refractivity contribution in [3.05, 3.63) is 65.7 Å². The average molecular weight is 803 g/mol. The van der Waals surface area contributed by atoms with Gasteiger partial charge in [-0.3, -0.25) is 24.8 Å². The topological polar surface area (TPSA) is 205 Å². The molecule has 17 heteroatoms. The molecule has 5 saturated heterocycles. The summed E-state index contributed by atoms with van der Waals surface area (Å²) in [6.45, 7) is 6.79. The Morgan fingerprint density at radius 3 is 2.49 bits per heavy atom. The number of nitrogens with one attached hydrogen (secondary N) is 3. The molecule has 5 aromatic rings. The van der Waals surface area contributed by atoms with Gasteiger partial charge in [0.25, 0.3) is 0 Å². The number of fused-ring (bicyclic) bond motifs is 3. The lowest BCUT2D eigenvalue weighted by molar-refractivity contribution is -0.134. The van der Waals surface area contributed by atoms with Crippen LogP contribution in [0.4, 0.5) is 27.8 Å². The zero-order valence-electron chi connectivity index (χ0n) is 33.1. The average Bonchev–Trinajstić information content (AvgIpc) is 3.97. The zero-order valence-corrected chi connectivity index (χ0v) is 33.1. The molecule has 0 aliphatic carbocycles. The number of hydrogen-bond acceptors (Lipinski definition) is 13. The molecule has 5 aliphatic rings. The van der Waals surface area contributed by atoms with E-state index in [2.05, 4.69) is 53.7 Å². The van der Waals surface area contributed by atoms with Gasteiger partial charge in [-0.05, 0) is 74.1 Å². The fourth-order valence-electron chi connectivity index (χ4n) is 9.89. The van der Waals surface area contributed by atoms with Gasteiger partial charge >= 0.3 is 6.03 Å². The molecule has 8 heterocycles. The summed E-state index contributed by atoms with van der Waals surface area (Å²) in [6.07, 6.45) is 6.97. The summed E-state index contributed by atoms with van der Waals surface area (Å²) in [5.74, 6) is 0.432. The van der Waals surface area contributed by atoms with Crippen LogP contribution in [0.1, 0.15) is 73.5 Å². The second-order valence-corrected chi connectivity index (χ2v) is 16.8. The van der Waals surface area contributed by atoms with E-state index in [1.165, 1.54) is 5.56 Å². The molecule has 17 nitrogen and oxygen atoms in total. The van der Waals surface area contributed by atoms with Crippen LogP contribution < -0.4 is 26.2 Å². The molecule has 4 amide bonds. The Morgan fingerprint density at radius 1 is 0.932 bits per heavy atom. The minimum Gasteiger partial charge on any atom is -0.382 e. The number of likely N-dealkylation sites (tertiary alicyclic amines) is 1. The highest BCUT2D eigenvalue weighted by Crippen LogP contribution is 2.41. The van der Waals surface area contributed by atoms with Crippen molar-refractivity contribution in [1.29, 1.82) is 0 Å². The minimum atomic E-state index is -1.29. The van der Waals surface area contributed by atoms with Crippen LogP contribution in [0.25, 0.3) is 21.9 Å². The number of carbonyl (C=O) groups excluding carboxylic acids is 3. The Kier molecular flexibility index (Phi) is 9.60.